The molecule has 0 amide bonds. The molecule has 3 heteroatoms. The number of unbranched alkanes of at least 4 members (excludes halogenated alkanes) is 1. The van der Waals surface area contributed by atoms with E-state index in [9.17, 15) is 0 Å². The molecule has 1 nitrogen and oxygen atoms in total. The van der Waals surface area contributed by atoms with E-state index in [-0.39, 0.29) is 0 Å². The molecule has 0 radical (unpaired) electrons. The third-order valence-corrected chi connectivity index (χ3v) is 2.14. The highest BCUT2D eigenvalue weighted by Gasteiger charge is 1.99. The summed E-state index contributed by atoms with van der Waals surface area (Å²) in [7, 11) is 2.02. The highest BCUT2D eigenvalue weighted by molar-refractivity contribution is 6.37. The summed E-state index contributed by atoms with van der Waals surface area (Å²) >= 11 is 5.98. The van der Waals surface area contributed by atoms with Crippen molar-refractivity contribution < 1.29 is 4.74 Å². The van der Waals surface area contributed by atoms with Crippen molar-refractivity contribution in [3.63, 3.8) is 0 Å². The largest absolute Gasteiger partial charge is 0.492 e. The number of benzene rings is 1. The summed E-state index contributed by atoms with van der Waals surface area (Å²) in [5, 5.41) is 0.705. The molecule has 0 aliphatic heterocycles. The van der Waals surface area contributed by atoms with Gasteiger partial charge < -0.3 is 4.74 Å². The molecule has 1 rings (SSSR count). The lowest BCUT2D eigenvalue weighted by molar-refractivity contribution is 0.309. The van der Waals surface area contributed by atoms with E-state index >= 15 is 0 Å². The Morgan fingerprint density at radius 3 is 2.85 bits per heavy atom. The lowest BCUT2D eigenvalue weighted by atomic mass is 9.97. The van der Waals surface area contributed by atoms with E-state index in [1.165, 1.54) is 0 Å². The van der Waals surface area contributed by atoms with Gasteiger partial charge in [-0.2, -0.15) is 0 Å². The van der Waals surface area contributed by atoms with Gasteiger partial charge in [-0.25, -0.2) is 0 Å². The van der Waals surface area contributed by atoms with Crippen LogP contribution in [-0.4, -0.2) is 14.5 Å². The molecule has 70 valence electrons. The Bertz CT molecular complexity index is 276. The molecule has 0 saturated carbocycles. The van der Waals surface area contributed by atoms with Crippen LogP contribution in [0.2, 0.25) is 5.02 Å². The first-order valence-corrected chi connectivity index (χ1v) is 5.00. The average molecular weight is 196 g/mol. The first-order valence-electron chi connectivity index (χ1n) is 4.63. The second kappa shape index (κ2) is 5.18. The number of ether oxygens (including phenoxy) is 1. The molecule has 1 aromatic rings. The minimum atomic E-state index is 0.705. The van der Waals surface area contributed by atoms with E-state index in [1.807, 2.05) is 26.0 Å². The molecule has 0 atom stereocenters. The number of hydrogen-bond donors (Lipinski definition) is 0. The summed E-state index contributed by atoms with van der Waals surface area (Å²) in [6.07, 6.45) is 2.22. The van der Waals surface area contributed by atoms with Crippen molar-refractivity contribution in [2.75, 3.05) is 6.61 Å². The van der Waals surface area contributed by atoms with Gasteiger partial charge in [0.1, 0.15) is 13.6 Å². The quantitative estimate of drug-likeness (QED) is 0.527. The molecule has 0 heterocycles. The van der Waals surface area contributed by atoms with Crippen LogP contribution in [0.15, 0.2) is 18.2 Å². The average Bonchev–Trinajstić information content (AvgIpc) is 2.09. The zero-order valence-electron chi connectivity index (χ0n) is 8.14. The van der Waals surface area contributed by atoms with Gasteiger partial charge in [0.05, 0.1) is 11.6 Å². The van der Waals surface area contributed by atoms with Crippen LogP contribution in [0.3, 0.4) is 0 Å². The minimum absolute atomic E-state index is 0.705. The van der Waals surface area contributed by atoms with Gasteiger partial charge in [-0.1, -0.05) is 36.5 Å². The molecule has 0 spiro atoms. The molecular weight excluding hydrogens is 182 g/mol. The maximum absolute atomic E-state index is 5.98. The molecule has 0 bridgehead atoms. The molecule has 0 unspecified atom stereocenters. The monoisotopic (exact) mass is 196 g/mol. The number of hydrogen-bond acceptors (Lipinski definition) is 1. The molecule has 1 aromatic carbocycles. The molecule has 0 aliphatic carbocycles. The van der Waals surface area contributed by atoms with Crippen molar-refractivity contribution in [3.05, 3.63) is 23.2 Å². The predicted octanol–water partition coefficient (Wildman–Crippen LogP) is 1.78. The molecule has 13 heavy (non-hydrogen) atoms. The molecule has 0 aliphatic rings. The highest BCUT2D eigenvalue weighted by atomic mass is 35.5. The third kappa shape index (κ3) is 3.31. The second-order valence-electron chi connectivity index (χ2n) is 3.14. The maximum atomic E-state index is 5.98. The summed E-state index contributed by atoms with van der Waals surface area (Å²) in [6, 6.07) is 5.85. The normalized spacial score (nSPS) is 10.0. The summed E-state index contributed by atoms with van der Waals surface area (Å²) < 4.78 is 5.50. The van der Waals surface area contributed by atoms with Gasteiger partial charge in [-0.05, 0) is 18.6 Å². The minimum Gasteiger partial charge on any atom is -0.492 e. The van der Waals surface area contributed by atoms with Crippen molar-refractivity contribution in [2.45, 2.75) is 19.8 Å². The van der Waals surface area contributed by atoms with Crippen molar-refractivity contribution in [1.82, 2.24) is 0 Å². The Kier molecular flexibility index (Phi) is 4.17. The topological polar surface area (TPSA) is 9.23 Å². The molecular formula is C10H14BClO. The fraction of sp³-hybridized carbons (Fsp3) is 0.400. The molecule has 0 fully saturated rings. The van der Waals surface area contributed by atoms with Crippen molar-refractivity contribution in [2.24, 2.45) is 0 Å². The van der Waals surface area contributed by atoms with E-state index in [2.05, 4.69) is 6.92 Å². The number of rotatable bonds is 4. The fourth-order valence-electron chi connectivity index (χ4n) is 1.05. The van der Waals surface area contributed by atoms with Crippen molar-refractivity contribution in [1.29, 1.82) is 0 Å². The van der Waals surface area contributed by atoms with Gasteiger partial charge in [0.25, 0.3) is 0 Å². The smallest absolute Gasteiger partial charge is 0.139 e. The Labute approximate surface area is 85.5 Å². The molecule has 0 N–H and O–H groups in total. The highest BCUT2D eigenvalue weighted by Crippen LogP contribution is 2.22. The SMILES string of the molecule is Bc1ccc(OCCCC)c(Cl)c1. The Morgan fingerprint density at radius 1 is 1.46 bits per heavy atom. The predicted molar refractivity (Wildman–Crippen MR) is 60.0 cm³/mol. The first-order chi connectivity index (χ1) is 6.24. The van der Waals surface area contributed by atoms with Crippen LogP contribution in [0.4, 0.5) is 0 Å². The zero-order chi connectivity index (χ0) is 9.68. The standard InChI is InChI=1S/C10H14BClO/c1-2-3-6-13-10-5-4-8(11)7-9(10)12/h4-5,7H,2-3,6,11H2,1H3. The molecule has 0 saturated heterocycles. The Hall–Kier alpha value is -0.625. The summed E-state index contributed by atoms with van der Waals surface area (Å²) in [5.74, 6) is 0.792. The van der Waals surface area contributed by atoms with Crippen LogP contribution >= 0.6 is 11.6 Å². The van der Waals surface area contributed by atoms with Gasteiger partial charge in [-0.15, -0.1) is 0 Å². The van der Waals surface area contributed by atoms with Crippen LogP contribution < -0.4 is 10.2 Å². The van der Waals surface area contributed by atoms with Crippen LogP contribution in [-0.2, 0) is 0 Å². The van der Waals surface area contributed by atoms with Crippen molar-refractivity contribution in [3.8, 4) is 5.75 Å². The van der Waals surface area contributed by atoms with E-state index in [1.54, 1.807) is 0 Å². The Balaban J connectivity index is 2.56. The van der Waals surface area contributed by atoms with Gasteiger partial charge in [0, 0.05) is 0 Å². The van der Waals surface area contributed by atoms with E-state index in [0.717, 1.165) is 30.7 Å². The summed E-state index contributed by atoms with van der Waals surface area (Å²) in [6.45, 7) is 2.89. The third-order valence-electron chi connectivity index (χ3n) is 1.84. The summed E-state index contributed by atoms with van der Waals surface area (Å²) in [4.78, 5) is 0. The lowest BCUT2D eigenvalue weighted by Gasteiger charge is -2.07. The van der Waals surface area contributed by atoms with E-state index < -0.39 is 0 Å². The zero-order valence-corrected chi connectivity index (χ0v) is 8.90. The van der Waals surface area contributed by atoms with Crippen LogP contribution in [0, 0.1) is 0 Å². The van der Waals surface area contributed by atoms with Gasteiger partial charge >= 0.3 is 0 Å². The fourth-order valence-corrected chi connectivity index (χ4v) is 1.34. The maximum Gasteiger partial charge on any atom is 0.139 e. The Morgan fingerprint density at radius 2 is 2.23 bits per heavy atom. The van der Waals surface area contributed by atoms with Crippen LogP contribution in [0.25, 0.3) is 0 Å². The first kappa shape index (κ1) is 10.5. The lowest BCUT2D eigenvalue weighted by Crippen LogP contribution is -2.03. The second-order valence-corrected chi connectivity index (χ2v) is 3.54. The van der Waals surface area contributed by atoms with E-state index in [4.69, 9.17) is 16.3 Å². The van der Waals surface area contributed by atoms with Crippen LogP contribution in [0.5, 0.6) is 5.75 Å². The van der Waals surface area contributed by atoms with Crippen molar-refractivity contribution >= 4 is 24.9 Å². The summed E-state index contributed by atoms with van der Waals surface area (Å²) in [5.41, 5.74) is 1.16. The van der Waals surface area contributed by atoms with Gasteiger partial charge in [-0.3, -0.25) is 0 Å². The molecule has 0 aromatic heterocycles. The van der Waals surface area contributed by atoms with Gasteiger partial charge in [0.2, 0.25) is 0 Å². The van der Waals surface area contributed by atoms with Gasteiger partial charge in [0.15, 0.2) is 0 Å². The van der Waals surface area contributed by atoms with Crippen LogP contribution in [0.1, 0.15) is 19.8 Å². The number of halogens is 1. The van der Waals surface area contributed by atoms with E-state index in [0.29, 0.717) is 5.02 Å².